The van der Waals surface area contributed by atoms with Gasteiger partial charge in [-0.25, -0.2) is 8.42 Å². The maximum absolute atomic E-state index is 11.8. The third kappa shape index (κ3) is 4.66. The molecule has 2 aromatic rings. The first-order valence-corrected chi connectivity index (χ1v) is 9.79. The average Bonchev–Trinajstić information content (AvgIpc) is 2.60. The molecule has 24 heavy (non-hydrogen) atoms. The molecule has 2 aromatic carbocycles. The van der Waals surface area contributed by atoms with Gasteiger partial charge in [0.05, 0.1) is 16.8 Å². The van der Waals surface area contributed by atoms with E-state index in [-0.39, 0.29) is 11.8 Å². The quantitative estimate of drug-likeness (QED) is 0.807. The molecule has 0 radical (unpaired) electrons. The van der Waals surface area contributed by atoms with E-state index >= 15 is 0 Å². The molecule has 0 aliphatic carbocycles. The Bertz CT molecular complexity index is 752. The van der Waals surface area contributed by atoms with E-state index in [4.69, 9.17) is 0 Å². The monoisotopic (exact) mass is 347 g/mol. The topological polar surface area (TPSA) is 66.4 Å². The molecule has 130 valence electrons. The van der Waals surface area contributed by atoms with Crippen LogP contribution in [0.5, 0.6) is 0 Å². The Hall–Kier alpha value is -1.69. The molecule has 0 spiro atoms. The lowest BCUT2D eigenvalue weighted by atomic mass is 10.1. The summed E-state index contributed by atoms with van der Waals surface area (Å²) in [5.74, 6) is 0.100. The minimum atomic E-state index is -3.17. The maximum atomic E-state index is 11.8. The van der Waals surface area contributed by atoms with Gasteiger partial charge in [-0.3, -0.25) is 0 Å². The first-order valence-electron chi connectivity index (χ1n) is 8.14. The smallest absolute Gasteiger partial charge is 0.178 e. The molecule has 0 saturated heterocycles. The summed E-state index contributed by atoms with van der Waals surface area (Å²) in [6, 6.07) is 14.8. The third-order valence-electron chi connectivity index (χ3n) is 4.20. The van der Waals surface area contributed by atoms with Gasteiger partial charge in [-0.15, -0.1) is 0 Å². The standard InChI is InChI=1S/C19H25NO3S/c1-4-24(22,23)18-11-9-16(10-12-18)15(3)20-13-19(21)17-7-5-14(2)6-8-17/h5-12,15,19-21H,4,13H2,1-3H3. The van der Waals surface area contributed by atoms with Crippen LogP contribution in [0.1, 0.15) is 42.7 Å². The van der Waals surface area contributed by atoms with Gasteiger partial charge in [-0.2, -0.15) is 0 Å². The number of sulfone groups is 1. The molecule has 0 aliphatic heterocycles. The zero-order valence-electron chi connectivity index (χ0n) is 14.4. The van der Waals surface area contributed by atoms with Gasteiger partial charge in [0.2, 0.25) is 0 Å². The van der Waals surface area contributed by atoms with E-state index < -0.39 is 15.9 Å². The lowest BCUT2D eigenvalue weighted by Crippen LogP contribution is -2.24. The molecular weight excluding hydrogens is 322 g/mol. The van der Waals surface area contributed by atoms with E-state index in [9.17, 15) is 13.5 Å². The molecule has 0 saturated carbocycles. The van der Waals surface area contributed by atoms with Crippen LogP contribution in [0.2, 0.25) is 0 Å². The normalized spacial score (nSPS) is 14.3. The number of hydrogen-bond donors (Lipinski definition) is 2. The first kappa shape index (κ1) is 18.6. The van der Waals surface area contributed by atoms with E-state index in [1.807, 2.05) is 50.2 Å². The largest absolute Gasteiger partial charge is 0.387 e. The zero-order chi connectivity index (χ0) is 17.7. The highest BCUT2D eigenvalue weighted by Gasteiger charge is 2.13. The van der Waals surface area contributed by atoms with Crippen LogP contribution in [0, 0.1) is 6.92 Å². The van der Waals surface area contributed by atoms with Crippen LogP contribution < -0.4 is 5.32 Å². The van der Waals surface area contributed by atoms with E-state index in [0.717, 1.165) is 16.7 Å². The van der Waals surface area contributed by atoms with Crippen molar-refractivity contribution in [2.75, 3.05) is 12.3 Å². The van der Waals surface area contributed by atoms with Crippen LogP contribution in [0.25, 0.3) is 0 Å². The van der Waals surface area contributed by atoms with Gasteiger partial charge in [-0.05, 0) is 37.1 Å². The molecule has 5 heteroatoms. The molecule has 0 fully saturated rings. The van der Waals surface area contributed by atoms with Crippen LogP contribution in [-0.2, 0) is 9.84 Å². The van der Waals surface area contributed by atoms with E-state index in [2.05, 4.69) is 5.32 Å². The van der Waals surface area contributed by atoms with E-state index in [1.54, 1.807) is 19.1 Å². The van der Waals surface area contributed by atoms with Crippen molar-refractivity contribution in [2.24, 2.45) is 0 Å². The summed E-state index contributed by atoms with van der Waals surface area (Å²) in [5, 5.41) is 13.5. The van der Waals surface area contributed by atoms with Crippen molar-refractivity contribution in [2.45, 2.75) is 37.8 Å². The summed E-state index contributed by atoms with van der Waals surface area (Å²) < 4.78 is 23.7. The second-order valence-corrected chi connectivity index (χ2v) is 8.31. The van der Waals surface area contributed by atoms with Gasteiger partial charge in [0.15, 0.2) is 9.84 Å². The van der Waals surface area contributed by atoms with Gasteiger partial charge in [0, 0.05) is 12.6 Å². The second-order valence-electron chi connectivity index (χ2n) is 6.03. The summed E-state index contributed by atoms with van der Waals surface area (Å²) in [6.07, 6.45) is -0.576. The van der Waals surface area contributed by atoms with Gasteiger partial charge in [0.25, 0.3) is 0 Å². The SMILES string of the molecule is CCS(=O)(=O)c1ccc(C(C)NCC(O)c2ccc(C)cc2)cc1. The van der Waals surface area contributed by atoms with Crippen LogP contribution >= 0.6 is 0 Å². The van der Waals surface area contributed by atoms with Gasteiger partial charge in [-0.1, -0.05) is 48.9 Å². The van der Waals surface area contributed by atoms with Crippen molar-refractivity contribution in [3.05, 3.63) is 65.2 Å². The number of nitrogens with one attached hydrogen (secondary N) is 1. The Morgan fingerprint density at radius 2 is 1.54 bits per heavy atom. The number of rotatable bonds is 7. The second kappa shape index (κ2) is 7.92. The zero-order valence-corrected chi connectivity index (χ0v) is 15.2. The van der Waals surface area contributed by atoms with Crippen LogP contribution in [0.3, 0.4) is 0 Å². The Labute approximate surface area is 144 Å². The summed E-state index contributed by atoms with van der Waals surface area (Å²) in [7, 11) is -3.17. The average molecular weight is 347 g/mol. The molecule has 2 atom stereocenters. The van der Waals surface area contributed by atoms with E-state index in [1.165, 1.54) is 0 Å². The molecule has 0 bridgehead atoms. The summed E-state index contributed by atoms with van der Waals surface area (Å²) in [5.41, 5.74) is 3.03. The molecular formula is C19H25NO3S. The Balaban J connectivity index is 1.97. The number of aryl methyl sites for hydroxylation is 1. The van der Waals surface area contributed by atoms with E-state index in [0.29, 0.717) is 11.4 Å². The lowest BCUT2D eigenvalue weighted by molar-refractivity contribution is 0.171. The minimum absolute atomic E-state index is 0.0171. The fraction of sp³-hybridized carbons (Fsp3) is 0.368. The van der Waals surface area contributed by atoms with Gasteiger partial charge >= 0.3 is 0 Å². The highest BCUT2D eigenvalue weighted by atomic mass is 32.2. The molecule has 2 unspecified atom stereocenters. The van der Waals surface area contributed by atoms with Crippen molar-refractivity contribution in [1.82, 2.24) is 5.32 Å². The van der Waals surface area contributed by atoms with Crippen molar-refractivity contribution < 1.29 is 13.5 Å². The van der Waals surface area contributed by atoms with Crippen molar-refractivity contribution in [3.63, 3.8) is 0 Å². The highest BCUT2D eigenvalue weighted by Crippen LogP contribution is 2.19. The Morgan fingerprint density at radius 1 is 1.00 bits per heavy atom. The van der Waals surface area contributed by atoms with Crippen molar-refractivity contribution >= 4 is 9.84 Å². The predicted molar refractivity (Wildman–Crippen MR) is 96.7 cm³/mol. The van der Waals surface area contributed by atoms with Gasteiger partial charge in [0.1, 0.15) is 0 Å². The molecule has 2 N–H and O–H groups in total. The Morgan fingerprint density at radius 3 is 2.08 bits per heavy atom. The number of aliphatic hydroxyl groups excluding tert-OH is 1. The number of hydrogen-bond acceptors (Lipinski definition) is 4. The molecule has 2 rings (SSSR count). The predicted octanol–water partition coefficient (Wildman–Crippen LogP) is 3.17. The molecule has 0 aromatic heterocycles. The lowest BCUT2D eigenvalue weighted by Gasteiger charge is -2.18. The summed E-state index contributed by atoms with van der Waals surface area (Å²) in [6.45, 7) is 6.07. The number of benzene rings is 2. The van der Waals surface area contributed by atoms with Crippen LogP contribution in [0.4, 0.5) is 0 Å². The fourth-order valence-corrected chi connectivity index (χ4v) is 3.33. The molecule has 0 heterocycles. The van der Waals surface area contributed by atoms with Crippen molar-refractivity contribution in [1.29, 1.82) is 0 Å². The first-order chi connectivity index (χ1) is 11.3. The van der Waals surface area contributed by atoms with Crippen molar-refractivity contribution in [3.8, 4) is 0 Å². The minimum Gasteiger partial charge on any atom is -0.387 e. The summed E-state index contributed by atoms with van der Waals surface area (Å²) in [4.78, 5) is 0.348. The molecule has 0 aliphatic rings. The summed E-state index contributed by atoms with van der Waals surface area (Å²) >= 11 is 0. The van der Waals surface area contributed by atoms with Gasteiger partial charge < -0.3 is 10.4 Å². The fourth-order valence-electron chi connectivity index (χ4n) is 2.44. The third-order valence-corrected chi connectivity index (χ3v) is 5.95. The van der Waals surface area contributed by atoms with Crippen LogP contribution in [0.15, 0.2) is 53.4 Å². The van der Waals surface area contributed by atoms with Crippen LogP contribution in [-0.4, -0.2) is 25.8 Å². The maximum Gasteiger partial charge on any atom is 0.178 e. The highest BCUT2D eigenvalue weighted by molar-refractivity contribution is 7.91. The molecule has 0 amide bonds. The molecule has 4 nitrogen and oxygen atoms in total. The number of aliphatic hydroxyl groups is 1. The Kier molecular flexibility index (Phi) is 6.15.